The van der Waals surface area contributed by atoms with Crippen molar-refractivity contribution in [3.63, 3.8) is 0 Å². The third-order valence-electron chi connectivity index (χ3n) is 4.45. The normalized spacial score (nSPS) is 19.9. The standard InChI is InChI=1S/C17H28N4/c1-4-20-13-15(11-17(20)12-18)14-21-9-6-5-7-16(21)8-10-19(2)3/h11,13,16H,4-10,14H2,1-3H3/t16-/m1/s1. The maximum atomic E-state index is 9.18. The summed E-state index contributed by atoms with van der Waals surface area (Å²) in [5.41, 5.74) is 2.07. The Labute approximate surface area is 129 Å². The number of nitrogens with zero attached hydrogens (tertiary/aromatic N) is 4. The van der Waals surface area contributed by atoms with Crippen LogP contribution in [0, 0.1) is 11.3 Å². The van der Waals surface area contributed by atoms with Gasteiger partial charge in [0.05, 0.1) is 0 Å². The van der Waals surface area contributed by atoms with Crippen LogP contribution in [0.5, 0.6) is 0 Å². The van der Waals surface area contributed by atoms with Gasteiger partial charge in [-0.2, -0.15) is 5.26 Å². The molecule has 0 aromatic carbocycles. The van der Waals surface area contributed by atoms with Crippen molar-refractivity contribution in [3.8, 4) is 6.07 Å². The van der Waals surface area contributed by atoms with Crippen LogP contribution in [-0.2, 0) is 13.1 Å². The van der Waals surface area contributed by atoms with Crippen molar-refractivity contribution in [2.45, 2.75) is 51.7 Å². The molecule has 1 aliphatic heterocycles. The highest BCUT2D eigenvalue weighted by atomic mass is 15.2. The third-order valence-corrected chi connectivity index (χ3v) is 4.45. The average molecular weight is 288 g/mol. The molecule has 0 spiro atoms. The molecule has 4 nitrogen and oxygen atoms in total. The number of rotatable bonds is 6. The molecule has 1 aliphatic rings. The van der Waals surface area contributed by atoms with E-state index in [1.807, 2.05) is 4.57 Å². The number of likely N-dealkylation sites (tertiary alicyclic amines) is 1. The van der Waals surface area contributed by atoms with Gasteiger partial charge in [0.1, 0.15) is 11.8 Å². The second kappa shape index (κ2) is 7.63. The molecular formula is C17H28N4. The summed E-state index contributed by atoms with van der Waals surface area (Å²) in [6, 6.07) is 5.04. The van der Waals surface area contributed by atoms with Crippen molar-refractivity contribution in [1.29, 1.82) is 5.26 Å². The van der Waals surface area contributed by atoms with E-state index in [9.17, 15) is 5.26 Å². The number of aromatic nitrogens is 1. The first-order chi connectivity index (χ1) is 10.1. The van der Waals surface area contributed by atoms with Gasteiger partial charge in [0.2, 0.25) is 0 Å². The Bertz CT molecular complexity index is 483. The van der Waals surface area contributed by atoms with Gasteiger partial charge in [-0.25, -0.2) is 0 Å². The summed E-state index contributed by atoms with van der Waals surface area (Å²) in [6.07, 6.45) is 7.36. The van der Waals surface area contributed by atoms with Gasteiger partial charge < -0.3 is 9.47 Å². The van der Waals surface area contributed by atoms with Gasteiger partial charge in [-0.1, -0.05) is 6.42 Å². The van der Waals surface area contributed by atoms with Crippen molar-refractivity contribution in [3.05, 3.63) is 23.5 Å². The second-order valence-electron chi connectivity index (χ2n) is 6.34. The van der Waals surface area contributed by atoms with E-state index < -0.39 is 0 Å². The molecule has 1 aromatic heterocycles. The summed E-state index contributed by atoms with van der Waals surface area (Å²) in [7, 11) is 4.29. The molecule has 1 atom stereocenters. The SMILES string of the molecule is CCn1cc(CN2CCCC[C@@H]2CCN(C)C)cc1C#N. The second-order valence-corrected chi connectivity index (χ2v) is 6.34. The van der Waals surface area contributed by atoms with Gasteiger partial charge in [-0.05, 0) is 65.0 Å². The summed E-state index contributed by atoms with van der Waals surface area (Å²) in [6.45, 7) is 6.29. The molecule has 2 heterocycles. The zero-order chi connectivity index (χ0) is 15.2. The average Bonchev–Trinajstić information content (AvgIpc) is 2.88. The Hall–Kier alpha value is -1.31. The Kier molecular flexibility index (Phi) is 5.84. The van der Waals surface area contributed by atoms with Gasteiger partial charge in [-0.15, -0.1) is 0 Å². The quantitative estimate of drug-likeness (QED) is 0.807. The number of nitriles is 1. The minimum atomic E-state index is 0.691. The molecule has 1 aromatic rings. The molecule has 0 amide bonds. The van der Waals surface area contributed by atoms with Crippen molar-refractivity contribution in [1.82, 2.24) is 14.4 Å². The lowest BCUT2D eigenvalue weighted by molar-refractivity contribution is 0.124. The summed E-state index contributed by atoms with van der Waals surface area (Å²) < 4.78 is 2.05. The first kappa shape index (κ1) is 16.1. The van der Waals surface area contributed by atoms with Crippen LogP contribution >= 0.6 is 0 Å². The molecule has 2 rings (SSSR count). The molecule has 0 aliphatic carbocycles. The maximum absolute atomic E-state index is 9.18. The lowest BCUT2D eigenvalue weighted by Gasteiger charge is -2.36. The Morgan fingerprint density at radius 2 is 2.19 bits per heavy atom. The highest BCUT2D eigenvalue weighted by molar-refractivity contribution is 5.28. The van der Waals surface area contributed by atoms with E-state index in [4.69, 9.17) is 0 Å². The van der Waals surface area contributed by atoms with Gasteiger partial charge >= 0.3 is 0 Å². The lowest BCUT2D eigenvalue weighted by atomic mass is 9.98. The smallest absolute Gasteiger partial charge is 0.120 e. The largest absolute Gasteiger partial charge is 0.339 e. The topological polar surface area (TPSA) is 35.2 Å². The lowest BCUT2D eigenvalue weighted by Crippen LogP contribution is -2.40. The van der Waals surface area contributed by atoms with E-state index in [1.165, 1.54) is 37.8 Å². The molecule has 21 heavy (non-hydrogen) atoms. The van der Waals surface area contributed by atoms with Crippen LogP contribution in [0.4, 0.5) is 0 Å². The Morgan fingerprint density at radius 1 is 1.38 bits per heavy atom. The van der Waals surface area contributed by atoms with Crippen LogP contribution in [0.2, 0.25) is 0 Å². The Morgan fingerprint density at radius 3 is 2.81 bits per heavy atom. The van der Waals surface area contributed by atoms with E-state index in [0.717, 1.165) is 25.3 Å². The summed E-state index contributed by atoms with van der Waals surface area (Å²) >= 11 is 0. The molecule has 0 unspecified atom stereocenters. The molecule has 4 heteroatoms. The third kappa shape index (κ3) is 4.33. The molecule has 116 valence electrons. The molecule has 0 N–H and O–H groups in total. The minimum absolute atomic E-state index is 0.691. The molecule has 1 fully saturated rings. The molecule has 1 saturated heterocycles. The fraction of sp³-hybridized carbons (Fsp3) is 0.706. The zero-order valence-corrected chi connectivity index (χ0v) is 13.7. The van der Waals surface area contributed by atoms with E-state index in [0.29, 0.717) is 6.04 Å². The number of hydrogen-bond donors (Lipinski definition) is 0. The van der Waals surface area contributed by atoms with Crippen molar-refractivity contribution >= 4 is 0 Å². The van der Waals surface area contributed by atoms with E-state index >= 15 is 0 Å². The minimum Gasteiger partial charge on any atom is -0.339 e. The zero-order valence-electron chi connectivity index (χ0n) is 13.7. The molecule has 0 saturated carbocycles. The fourth-order valence-corrected chi connectivity index (χ4v) is 3.25. The number of aryl methyl sites for hydroxylation is 1. The van der Waals surface area contributed by atoms with Crippen LogP contribution in [0.3, 0.4) is 0 Å². The maximum Gasteiger partial charge on any atom is 0.120 e. The van der Waals surface area contributed by atoms with Gasteiger partial charge in [0.25, 0.3) is 0 Å². The van der Waals surface area contributed by atoms with Gasteiger partial charge in [0, 0.05) is 25.3 Å². The van der Waals surface area contributed by atoms with Crippen molar-refractivity contribution < 1.29 is 0 Å². The molecular weight excluding hydrogens is 260 g/mol. The predicted octanol–water partition coefficient (Wildman–Crippen LogP) is 2.69. The van der Waals surface area contributed by atoms with Crippen LogP contribution < -0.4 is 0 Å². The van der Waals surface area contributed by atoms with E-state index in [-0.39, 0.29) is 0 Å². The summed E-state index contributed by atoms with van der Waals surface area (Å²) in [5.74, 6) is 0. The van der Waals surface area contributed by atoms with Crippen LogP contribution in [0.1, 0.15) is 43.9 Å². The van der Waals surface area contributed by atoms with Crippen molar-refractivity contribution in [2.75, 3.05) is 27.2 Å². The van der Waals surface area contributed by atoms with Gasteiger partial charge in [-0.3, -0.25) is 4.90 Å². The summed E-state index contributed by atoms with van der Waals surface area (Å²) in [5, 5.41) is 9.18. The van der Waals surface area contributed by atoms with Crippen LogP contribution in [-0.4, -0.2) is 47.6 Å². The number of piperidine rings is 1. The van der Waals surface area contributed by atoms with E-state index in [1.54, 1.807) is 0 Å². The number of hydrogen-bond acceptors (Lipinski definition) is 3. The van der Waals surface area contributed by atoms with Crippen LogP contribution in [0.25, 0.3) is 0 Å². The summed E-state index contributed by atoms with van der Waals surface area (Å²) in [4.78, 5) is 4.89. The fourth-order valence-electron chi connectivity index (χ4n) is 3.25. The highest BCUT2D eigenvalue weighted by Gasteiger charge is 2.22. The molecule has 0 radical (unpaired) electrons. The predicted molar refractivity (Wildman–Crippen MR) is 86.0 cm³/mol. The molecule has 0 bridgehead atoms. The first-order valence-electron chi connectivity index (χ1n) is 8.12. The van der Waals surface area contributed by atoms with Crippen molar-refractivity contribution in [2.24, 2.45) is 0 Å². The highest BCUT2D eigenvalue weighted by Crippen LogP contribution is 2.23. The van der Waals surface area contributed by atoms with E-state index in [2.05, 4.69) is 49.2 Å². The monoisotopic (exact) mass is 288 g/mol. The van der Waals surface area contributed by atoms with Crippen LogP contribution in [0.15, 0.2) is 12.3 Å². The first-order valence-corrected chi connectivity index (χ1v) is 8.12. The van der Waals surface area contributed by atoms with Gasteiger partial charge in [0.15, 0.2) is 0 Å². The Balaban J connectivity index is 2.01.